The van der Waals surface area contributed by atoms with E-state index in [4.69, 9.17) is 5.73 Å². The van der Waals surface area contributed by atoms with Gasteiger partial charge in [-0.3, -0.25) is 14.8 Å². The van der Waals surface area contributed by atoms with E-state index < -0.39 is 0 Å². The summed E-state index contributed by atoms with van der Waals surface area (Å²) in [7, 11) is 0. The summed E-state index contributed by atoms with van der Waals surface area (Å²) in [6, 6.07) is 3.62. The number of allylic oxidation sites excluding steroid dienone is 1. The zero-order valence-electron chi connectivity index (χ0n) is 14.3. The Hall–Kier alpha value is -2.38. The van der Waals surface area contributed by atoms with Gasteiger partial charge in [-0.1, -0.05) is 0 Å². The van der Waals surface area contributed by atoms with Crippen molar-refractivity contribution in [2.45, 2.75) is 26.3 Å². The van der Waals surface area contributed by atoms with Gasteiger partial charge in [0, 0.05) is 41.4 Å². The summed E-state index contributed by atoms with van der Waals surface area (Å²) in [5, 5.41) is 5.32. The van der Waals surface area contributed by atoms with Crippen LogP contribution >= 0.6 is 11.3 Å². The van der Waals surface area contributed by atoms with Crippen molar-refractivity contribution in [3.8, 4) is 0 Å². The van der Waals surface area contributed by atoms with Crippen molar-refractivity contribution in [2.24, 2.45) is 16.6 Å². The molecular formula is C18H21N5OS. The van der Waals surface area contributed by atoms with Gasteiger partial charge in [0.05, 0.1) is 29.4 Å². The third-order valence-electron chi connectivity index (χ3n) is 4.22. The van der Waals surface area contributed by atoms with Gasteiger partial charge in [-0.25, -0.2) is 4.98 Å². The number of pyridine rings is 1. The molecule has 3 rings (SSSR count). The van der Waals surface area contributed by atoms with E-state index in [1.165, 1.54) is 0 Å². The van der Waals surface area contributed by atoms with Crippen LogP contribution in [0.1, 0.15) is 25.1 Å². The molecule has 0 fully saturated rings. The summed E-state index contributed by atoms with van der Waals surface area (Å²) in [5.74, 6) is 0.450. The van der Waals surface area contributed by atoms with Gasteiger partial charge in [-0.15, -0.1) is 11.3 Å². The van der Waals surface area contributed by atoms with E-state index >= 15 is 0 Å². The molecule has 3 heterocycles. The van der Waals surface area contributed by atoms with Gasteiger partial charge in [-0.2, -0.15) is 0 Å². The van der Waals surface area contributed by atoms with Gasteiger partial charge in [-0.05, 0) is 26.0 Å². The molecule has 1 aliphatic rings. The van der Waals surface area contributed by atoms with E-state index in [1.54, 1.807) is 29.2 Å². The van der Waals surface area contributed by atoms with Gasteiger partial charge in [0.1, 0.15) is 5.84 Å². The average molecular weight is 355 g/mol. The first kappa shape index (κ1) is 17.4. The van der Waals surface area contributed by atoms with E-state index in [2.05, 4.69) is 20.3 Å². The first-order valence-electron chi connectivity index (χ1n) is 8.15. The highest BCUT2D eigenvalue weighted by Crippen LogP contribution is 2.24. The normalized spacial score (nSPS) is 20.7. The molecule has 2 aromatic heterocycles. The lowest BCUT2D eigenvalue weighted by atomic mass is 9.91. The van der Waals surface area contributed by atoms with E-state index in [0.717, 1.165) is 17.0 Å². The number of rotatable bonds is 5. The van der Waals surface area contributed by atoms with E-state index in [9.17, 15) is 4.79 Å². The van der Waals surface area contributed by atoms with Crippen LogP contribution in [0.4, 0.5) is 0 Å². The number of carbonyl (C=O) groups is 1. The van der Waals surface area contributed by atoms with Crippen molar-refractivity contribution in [3.05, 3.63) is 52.2 Å². The Morgan fingerprint density at radius 2 is 2.16 bits per heavy atom. The molecule has 0 aliphatic carbocycles. The molecule has 0 saturated carbocycles. The highest BCUT2D eigenvalue weighted by Gasteiger charge is 2.29. The minimum atomic E-state index is -0.294. The molecule has 0 spiro atoms. The predicted octanol–water partition coefficient (Wildman–Crippen LogP) is 2.05. The van der Waals surface area contributed by atoms with Gasteiger partial charge in [0.2, 0.25) is 0 Å². The third-order valence-corrected chi connectivity index (χ3v) is 4.86. The number of carbonyl (C=O) groups excluding carboxylic acids is 1. The minimum absolute atomic E-state index is 0.0809. The molecule has 3 N–H and O–H groups in total. The lowest BCUT2D eigenvalue weighted by Gasteiger charge is -2.26. The Morgan fingerprint density at radius 3 is 2.84 bits per heavy atom. The van der Waals surface area contributed by atoms with Crippen LogP contribution in [0.15, 0.2) is 46.0 Å². The van der Waals surface area contributed by atoms with Crippen molar-refractivity contribution in [1.29, 1.82) is 0 Å². The predicted molar refractivity (Wildman–Crippen MR) is 100 cm³/mol. The maximum Gasteiger partial charge on any atom is 0.170 e. The lowest BCUT2D eigenvalue weighted by molar-refractivity contribution is -0.117. The maximum absolute atomic E-state index is 12.6. The smallest absolute Gasteiger partial charge is 0.170 e. The van der Waals surface area contributed by atoms with Crippen LogP contribution in [-0.4, -0.2) is 34.2 Å². The average Bonchev–Trinajstić information content (AvgIpc) is 3.13. The number of amidine groups is 1. The molecular weight excluding hydrogens is 334 g/mol. The van der Waals surface area contributed by atoms with Crippen molar-refractivity contribution in [3.63, 3.8) is 0 Å². The molecule has 0 amide bonds. The first-order valence-corrected chi connectivity index (χ1v) is 9.10. The Balaban J connectivity index is 1.76. The molecule has 0 aromatic carbocycles. The van der Waals surface area contributed by atoms with Crippen LogP contribution in [0.5, 0.6) is 0 Å². The van der Waals surface area contributed by atoms with Crippen LogP contribution < -0.4 is 11.1 Å². The van der Waals surface area contributed by atoms with Gasteiger partial charge in [0.25, 0.3) is 0 Å². The number of nitrogens with one attached hydrogen (secondary N) is 1. The number of ketones is 1. The monoisotopic (exact) mass is 355 g/mol. The quantitative estimate of drug-likeness (QED) is 0.856. The Kier molecular flexibility index (Phi) is 5.35. The van der Waals surface area contributed by atoms with E-state index in [1.807, 2.05) is 31.4 Å². The van der Waals surface area contributed by atoms with Crippen molar-refractivity contribution < 1.29 is 4.79 Å². The Bertz CT molecular complexity index is 798. The van der Waals surface area contributed by atoms with Crippen LogP contribution in [0.25, 0.3) is 5.70 Å². The fourth-order valence-corrected chi connectivity index (χ4v) is 3.34. The summed E-state index contributed by atoms with van der Waals surface area (Å²) < 4.78 is 0. The Labute approximate surface area is 150 Å². The number of nitrogens with two attached hydrogens (primary N) is 1. The second-order valence-electron chi connectivity index (χ2n) is 6.12. The van der Waals surface area contributed by atoms with Crippen LogP contribution in [-0.2, 0) is 11.2 Å². The molecule has 1 aliphatic heterocycles. The van der Waals surface area contributed by atoms with Crippen molar-refractivity contribution in [2.75, 3.05) is 6.54 Å². The highest BCUT2D eigenvalue weighted by atomic mass is 32.1. The molecule has 0 radical (unpaired) electrons. The number of nitrogens with zero attached hydrogens (tertiary/aromatic N) is 3. The summed E-state index contributed by atoms with van der Waals surface area (Å²) in [6.07, 6.45) is 4.09. The lowest BCUT2D eigenvalue weighted by Crippen LogP contribution is -2.40. The number of Topliss-reactive ketones (excluding diaryl/α,β-unsaturated/α-hetero) is 1. The molecule has 0 bridgehead atoms. The fraction of sp³-hybridized carbons (Fsp3) is 0.333. The highest BCUT2D eigenvalue weighted by molar-refractivity contribution is 7.07. The van der Waals surface area contributed by atoms with Crippen molar-refractivity contribution in [1.82, 2.24) is 15.3 Å². The molecule has 2 atom stereocenters. The Morgan fingerprint density at radius 1 is 1.40 bits per heavy atom. The standard InChI is InChI=1S/C18H21N5OS/c1-11-16(13-3-5-20-6-4-13)23-18(12(2)17(11)24)21-8-14(19)7-15-9-25-10-22-15/h3-6,9-10,12,14H,7-8,19H2,1-2H3,(H,21,23)/t12?,14-/m0/s1. The number of aliphatic imine (C=N–C) groups is 1. The topological polar surface area (TPSA) is 93.3 Å². The zero-order valence-corrected chi connectivity index (χ0v) is 15.1. The summed E-state index contributed by atoms with van der Waals surface area (Å²) in [6.45, 7) is 4.15. The molecule has 2 aromatic rings. The summed E-state index contributed by atoms with van der Waals surface area (Å²) >= 11 is 1.56. The third kappa shape index (κ3) is 4.00. The van der Waals surface area contributed by atoms with Crippen LogP contribution in [0.2, 0.25) is 0 Å². The second kappa shape index (κ2) is 7.67. The van der Waals surface area contributed by atoms with E-state index in [0.29, 0.717) is 24.4 Å². The number of hydrogen-bond acceptors (Lipinski definition) is 6. The molecule has 7 heteroatoms. The van der Waals surface area contributed by atoms with Crippen LogP contribution in [0, 0.1) is 5.92 Å². The number of thiazole rings is 1. The van der Waals surface area contributed by atoms with Crippen molar-refractivity contribution >= 4 is 28.7 Å². The molecule has 25 heavy (non-hydrogen) atoms. The molecule has 6 nitrogen and oxygen atoms in total. The summed E-state index contributed by atoms with van der Waals surface area (Å²) in [5.41, 5.74) is 11.4. The molecule has 130 valence electrons. The first-order chi connectivity index (χ1) is 12.1. The number of aromatic nitrogens is 2. The molecule has 0 saturated heterocycles. The van der Waals surface area contributed by atoms with Crippen LogP contribution in [0.3, 0.4) is 0 Å². The SMILES string of the molecule is CC1=C(c2ccncc2)NC(=NC[C@@H](N)Cc2cscn2)C(C)C1=O. The van der Waals surface area contributed by atoms with E-state index in [-0.39, 0.29) is 17.7 Å². The van der Waals surface area contributed by atoms with Gasteiger partial charge >= 0.3 is 0 Å². The summed E-state index contributed by atoms with van der Waals surface area (Å²) in [4.78, 5) is 25.4. The maximum atomic E-state index is 12.6. The van der Waals surface area contributed by atoms with Gasteiger partial charge < -0.3 is 11.1 Å². The fourth-order valence-electron chi connectivity index (χ4n) is 2.77. The largest absolute Gasteiger partial charge is 0.343 e. The molecule has 1 unspecified atom stereocenters. The number of hydrogen-bond donors (Lipinski definition) is 2. The second-order valence-corrected chi connectivity index (χ2v) is 6.84. The zero-order chi connectivity index (χ0) is 17.8. The minimum Gasteiger partial charge on any atom is -0.343 e. The van der Waals surface area contributed by atoms with Gasteiger partial charge in [0.15, 0.2) is 5.78 Å².